The molecule has 4 heterocycles. The topological polar surface area (TPSA) is 178 Å². The average molecular weight is 1460 g/mol. The second kappa shape index (κ2) is 26.2. The van der Waals surface area contributed by atoms with Gasteiger partial charge >= 0.3 is 5.97 Å². The lowest BCUT2D eigenvalue weighted by Gasteiger charge is -2.34. The van der Waals surface area contributed by atoms with Crippen LogP contribution in [0.2, 0.25) is 0 Å². The number of ether oxygens (including phenoxy) is 4. The fourth-order valence-electron chi connectivity index (χ4n) is 15.3. The summed E-state index contributed by atoms with van der Waals surface area (Å²) in [5.74, 6) is -1.09. The second-order valence-corrected chi connectivity index (χ2v) is 35.2. The SMILES string of the molecule is CCC(C)N1C(=O)c2cc(Oc3ccc(C(C)(C)C)cc3)c3c4c(Oc5ccc(C(C)(C)C)cc5)cc5c6c(cc(Oc7ccc(C(C)(C)C)cc7)c(c7c(Oc8ccc(C(C)(C)C)cc8)cc(c2c37)C1=O)c64)C(=O)N(c1ccc(NC(=O)c2cc(C3=C(c4cc(C(=O)O)sc4C)CCC3)c(C)s2)cc1)C5=O. The van der Waals surface area contributed by atoms with Crippen molar-refractivity contribution in [3.05, 3.63) is 233 Å². The second-order valence-electron chi connectivity index (χ2n) is 32.7. The van der Waals surface area contributed by atoms with E-state index in [1.165, 1.54) is 27.6 Å². The van der Waals surface area contributed by atoms with E-state index in [0.717, 1.165) is 78.4 Å². The summed E-state index contributed by atoms with van der Waals surface area (Å²) < 4.78 is 29.3. The molecule has 15 rings (SSSR count). The number of fused-ring (bicyclic) bond motifs is 2. The van der Waals surface area contributed by atoms with Gasteiger partial charge in [0.1, 0.15) is 50.9 Å². The number of anilines is 2. The van der Waals surface area contributed by atoms with Crippen LogP contribution in [0.5, 0.6) is 46.0 Å². The van der Waals surface area contributed by atoms with Gasteiger partial charge in [-0.1, -0.05) is 139 Å². The number of carboxylic acids is 1. The first kappa shape index (κ1) is 71.7. The van der Waals surface area contributed by atoms with Crippen LogP contribution in [0.15, 0.2) is 158 Å². The monoisotopic (exact) mass is 1460 g/mol. The van der Waals surface area contributed by atoms with Crippen LogP contribution in [0, 0.1) is 13.8 Å². The first-order valence-corrected chi connectivity index (χ1v) is 38.1. The zero-order chi connectivity index (χ0) is 76.0. The van der Waals surface area contributed by atoms with Crippen molar-refractivity contribution < 1.29 is 52.8 Å². The molecule has 0 radical (unpaired) electrons. The molecule has 2 aliphatic heterocycles. The van der Waals surface area contributed by atoms with Gasteiger partial charge < -0.3 is 29.4 Å². The van der Waals surface area contributed by atoms with Gasteiger partial charge in [-0.15, -0.1) is 22.7 Å². The molecule has 0 saturated heterocycles. The summed E-state index contributed by atoms with van der Waals surface area (Å²) in [6.45, 7) is 33.3. The molecule has 107 heavy (non-hydrogen) atoms. The molecule has 1 unspecified atom stereocenters. The van der Waals surface area contributed by atoms with Gasteiger partial charge in [0.15, 0.2) is 0 Å². The van der Waals surface area contributed by atoms with Gasteiger partial charge in [-0.05, 0) is 222 Å². The van der Waals surface area contributed by atoms with Crippen molar-refractivity contribution in [2.75, 3.05) is 10.2 Å². The third kappa shape index (κ3) is 12.7. The van der Waals surface area contributed by atoms with Crippen LogP contribution >= 0.6 is 22.7 Å². The number of rotatable bonds is 16. The first-order valence-electron chi connectivity index (χ1n) is 36.5. The van der Waals surface area contributed by atoms with Crippen LogP contribution in [0.3, 0.4) is 0 Å². The Bertz CT molecular complexity index is 5510. The highest BCUT2D eigenvalue weighted by Crippen LogP contribution is 2.59. The number of hydrogen-bond acceptors (Lipinski definition) is 12. The number of nitrogens with one attached hydrogen (secondary N) is 1. The lowest BCUT2D eigenvalue weighted by molar-refractivity contribution is 0.0545. The van der Waals surface area contributed by atoms with E-state index in [1.807, 2.05) is 131 Å². The fourth-order valence-corrected chi connectivity index (χ4v) is 17.1. The number of nitrogens with zero attached hydrogens (tertiary/aromatic N) is 2. The molecule has 16 heteroatoms. The minimum atomic E-state index is -0.956. The summed E-state index contributed by atoms with van der Waals surface area (Å²) in [6.07, 6.45) is 2.98. The van der Waals surface area contributed by atoms with Crippen LogP contribution in [-0.4, -0.2) is 51.6 Å². The minimum absolute atomic E-state index is 0.115. The summed E-state index contributed by atoms with van der Waals surface area (Å²) in [5, 5.41) is 15.9. The van der Waals surface area contributed by atoms with Crippen LogP contribution in [-0.2, 0) is 21.7 Å². The molecule has 1 aliphatic carbocycles. The maximum atomic E-state index is 16.3. The van der Waals surface area contributed by atoms with Crippen LogP contribution in [0.1, 0.15) is 227 Å². The van der Waals surface area contributed by atoms with Crippen LogP contribution < -0.4 is 29.2 Å². The average Bonchev–Trinajstić information content (AvgIpc) is 1.25. The Morgan fingerprint density at radius 1 is 0.430 bits per heavy atom. The number of hydrogen-bond donors (Lipinski definition) is 2. The van der Waals surface area contributed by atoms with Gasteiger partial charge in [0.05, 0.1) is 32.8 Å². The quantitative estimate of drug-likeness (QED) is 0.0534. The van der Waals surface area contributed by atoms with Crippen LogP contribution in [0.25, 0.3) is 54.2 Å². The number of benzene rings is 10. The zero-order valence-corrected chi connectivity index (χ0v) is 64.8. The molecule has 10 aromatic carbocycles. The molecular formula is C91H85N3O11S2. The highest BCUT2D eigenvalue weighted by Gasteiger charge is 2.43. The molecule has 0 spiro atoms. The molecule has 12 aromatic rings. The number of carbonyl (C=O) groups excluding carboxylic acids is 5. The molecule has 542 valence electrons. The van der Waals surface area contributed by atoms with Crippen molar-refractivity contribution in [3.8, 4) is 46.0 Å². The number of imide groups is 2. The number of aromatic carboxylic acids is 1. The molecule has 2 aromatic heterocycles. The molecule has 5 amide bonds. The third-order valence-electron chi connectivity index (χ3n) is 21.3. The maximum absolute atomic E-state index is 16.3. The summed E-state index contributed by atoms with van der Waals surface area (Å²) in [7, 11) is 0. The van der Waals surface area contributed by atoms with Gasteiger partial charge in [0.2, 0.25) is 0 Å². The molecule has 14 nitrogen and oxygen atoms in total. The number of carbonyl (C=O) groups is 6. The van der Waals surface area contributed by atoms with Gasteiger partial charge in [-0.3, -0.25) is 28.9 Å². The van der Waals surface area contributed by atoms with Gasteiger partial charge in [-0.25, -0.2) is 9.69 Å². The first-order chi connectivity index (χ1) is 50.6. The van der Waals surface area contributed by atoms with E-state index in [2.05, 4.69) is 88.4 Å². The summed E-state index contributed by atoms with van der Waals surface area (Å²) in [4.78, 5) is 95.5. The Hall–Kier alpha value is -10.9. The molecule has 1 atom stereocenters. The number of amides is 5. The number of thiophene rings is 2. The van der Waals surface area contributed by atoms with Gasteiger partial charge in [-0.2, -0.15) is 0 Å². The van der Waals surface area contributed by atoms with E-state index < -0.39 is 35.6 Å². The molecule has 3 aliphatic rings. The minimum Gasteiger partial charge on any atom is -0.477 e. The molecule has 2 N–H and O–H groups in total. The van der Waals surface area contributed by atoms with Crippen molar-refractivity contribution >= 4 is 124 Å². The van der Waals surface area contributed by atoms with Gasteiger partial charge in [0, 0.05) is 64.6 Å². The Balaban J connectivity index is 0.975. The standard InChI is InChI=1S/C91H85N3O11S2/c1-17-47(2)93-83(96)64-41-68(102-56-33-21-50(22-34-56)88(5,6)7)76-78-70(104-58-37-25-52(26-38-58)90(11,12)13)43-66-75-67(86(99)94(85(66)98)55-31-29-54(30-32-55)92-82(95)72-45-62(48(3)106-72)60-19-18-20-61(60)63-46-73(87(100)101)107-49(63)4)44-71(105-59-39-27-53(28-40-59)91(14,15)16)79(81(75)78)77-69(42-65(84(93)97)74(64)80(76)77)103-57-35-23-51(24-36-57)89(8,9)10/h21-47H,17-20H2,1-16H3,(H,92,95)(H,100,101). The number of aryl methyl sites for hydroxylation is 2. The molecule has 0 fully saturated rings. The Morgan fingerprint density at radius 3 is 1.06 bits per heavy atom. The predicted octanol–water partition coefficient (Wildman–Crippen LogP) is 24.1. The largest absolute Gasteiger partial charge is 0.477 e. The fraction of sp³-hybridized carbons (Fsp3) is 0.275. The normalized spacial score (nSPS) is 14.5. The highest BCUT2D eigenvalue weighted by atomic mass is 32.1. The van der Waals surface area contributed by atoms with E-state index >= 15 is 19.2 Å². The summed E-state index contributed by atoms with van der Waals surface area (Å²) in [6, 6.07) is 47.8. The Labute approximate surface area is 630 Å². The predicted molar refractivity (Wildman–Crippen MR) is 430 cm³/mol. The lowest BCUT2D eigenvalue weighted by atomic mass is 9.80. The molecule has 0 bridgehead atoms. The molecular weight excluding hydrogens is 1380 g/mol. The highest BCUT2D eigenvalue weighted by molar-refractivity contribution is 7.14. The smallest absolute Gasteiger partial charge is 0.345 e. The Kier molecular flexibility index (Phi) is 17.6. The van der Waals surface area contributed by atoms with Gasteiger partial charge in [0.25, 0.3) is 29.5 Å². The van der Waals surface area contributed by atoms with Crippen molar-refractivity contribution in [1.82, 2.24) is 4.90 Å². The van der Waals surface area contributed by atoms with Crippen molar-refractivity contribution in [1.29, 1.82) is 0 Å². The van der Waals surface area contributed by atoms with E-state index in [1.54, 1.807) is 54.6 Å². The number of allylic oxidation sites excluding steroid dienone is 2. The zero-order valence-electron chi connectivity index (χ0n) is 63.2. The molecule has 0 saturated carbocycles. The number of carboxylic acid groups (broad SMARTS) is 1. The van der Waals surface area contributed by atoms with Crippen LogP contribution in [0.4, 0.5) is 11.4 Å². The third-order valence-corrected chi connectivity index (χ3v) is 23.4. The van der Waals surface area contributed by atoms with Crippen molar-refractivity contribution in [3.63, 3.8) is 0 Å². The summed E-state index contributed by atoms with van der Waals surface area (Å²) >= 11 is 2.65. The van der Waals surface area contributed by atoms with Crippen molar-refractivity contribution in [2.45, 2.75) is 164 Å². The lowest BCUT2D eigenvalue weighted by Crippen LogP contribution is -2.45. The van der Waals surface area contributed by atoms with E-state index in [0.29, 0.717) is 82.6 Å². The Morgan fingerprint density at radius 2 is 0.748 bits per heavy atom. The summed E-state index contributed by atoms with van der Waals surface area (Å²) in [5.41, 5.74) is 8.78. The van der Waals surface area contributed by atoms with E-state index in [-0.39, 0.29) is 83.9 Å². The van der Waals surface area contributed by atoms with Crippen molar-refractivity contribution in [2.24, 2.45) is 0 Å². The van der Waals surface area contributed by atoms with E-state index in [4.69, 9.17) is 18.9 Å². The van der Waals surface area contributed by atoms with E-state index in [9.17, 15) is 14.7 Å². The maximum Gasteiger partial charge on any atom is 0.345 e.